The predicted octanol–water partition coefficient (Wildman–Crippen LogP) is 1.42. The van der Waals surface area contributed by atoms with Crippen LogP contribution in [0.1, 0.15) is 20.3 Å². The topological polar surface area (TPSA) is 110 Å². The predicted molar refractivity (Wildman–Crippen MR) is 73.7 cm³/mol. The van der Waals surface area contributed by atoms with E-state index in [1.54, 1.807) is 0 Å². The molecule has 0 spiro atoms. The van der Waals surface area contributed by atoms with Crippen molar-refractivity contribution in [3.05, 3.63) is 34.1 Å². The number of nitrogens with one attached hydrogen (secondary N) is 1. The number of halogens is 1. The lowest BCUT2D eigenvalue weighted by atomic mass is 10.1. The van der Waals surface area contributed by atoms with Crippen LogP contribution in [-0.2, 0) is 10.0 Å². The number of nitrogens with zero attached hydrogens (tertiary/aromatic N) is 1. The average molecular weight is 320 g/mol. The van der Waals surface area contributed by atoms with E-state index in [0.717, 1.165) is 12.1 Å². The van der Waals surface area contributed by atoms with Gasteiger partial charge in [-0.2, -0.15) is 4.39 Å². The molecule has 0 aliphatic rings. The number of nitro benzene ring substituents is 1. The Morgan fingerprint density at radius 3 is 2.57 bits per heavy atom. The van der Waals surface area contributed by atoms with Crippen LogP contribution in [0.25, 0.3) is 0 Å². The summed E-state index contributed by atoms with van der Waals surface area (Å²) in [5.74, 6) is -0.921. The summed E-state index contributed by atoms with van der Waals surface area (Å²) < 4.78 is 39.2. The number of nitro groups is 1. The third kappa shape index (κ3) is 5.03. The van der Waals surface area contributed by atoms with Crippen LogP contribution in [0.3, 0.4) is 0 Å². The van der Waals surface area contributed by atoms with Crippen LogP contribution in [0.15, 0.2) is 23.1 Å². The van der Waals surface area contributed by atoms with Crippen molar-refractivity contribution in [2.24, 2.45) is 5.92 Å². The summed E-state index contributed by atoms with van der Waals surface area (Å²) in [5.41, 5.74) is -0.916. The fourth-order valence-corrected chi connectivity index (χ4v) is 2.81. The van der Waals surface area contributed by atoms with E-state index >= 15 is 0 Å². The Kier molecular flexibility index (Phi) is 5.76. The van der Waals surface area contributed by atoms with Gasteiger partial charge in [0.1, 0.15) is 0 Å². The quantitative estimate of drug-likeness (QED) is 0.583. The summed E-state index contributed by atoms with van der Waals surface area (Å²) in [6, 6.07) is 2.29. The van der Waals surface area contributed by atoms with E-state index in [1.165, 1.54) is 0 Å². The van der Waals surface area contributed by atoms with E-state index in [1.807, 2.05) is 13.8 Å². The van der Waals surface area contributed by atoms with E-state index in [-0.39, 0.29) is 12.5 Å². The van der Waals surface area contributed by atoms with Gasteiger partial charge >= 0.3 is 5.69 Å². The second-order valence-corrected chi connectivity index (χ2v) is 6.77. The van der Waals surface area contributed by atoms with E-state index in [4.69, 9.17) is 0 Å². The first-order valence-electron chi connectivity index (χ1n) is 6.25. The molecule has 1 aromatic carbocycles. The second-order valence-electron chi connectivity index (χ2n) is 5.01. The molecule has 0 saturated heterocycles. The highest BCUT2D eigenvalue weighted by molar-refractivity contribution is 7.89. The van der Waals surface area contributed by atoms with Gasteiger partial charge in [-0.25, -0.2) is 13.1 Å². The molecule has 2 N–H and O–H groups in total. The number of rotatable bonds is 7. The lowest BCUT2D eigenvalue weighted by molar-refractivity contribution is -0.387. The van der Waals surface area contributed by atoms with Crippen LogP contribution >= 0.6 is 0 Å². The lowest BCUT2D eigenvalue weighted by Gasteiger charge is -2.14. The van der Waals surface area contributed by atoms with Crippen molar-refractivity contribution in [1.29, 1.82) is 0 Å². The molecule has 0 amide bonds. The Morgan fingerprint density at radius 1 is 1.43 bits per heavy atom. The Labute approximate surface area is 122 Å². The molecular formula is C12H17FN2O5S. The Morgan fingerprint density at radius 2 is 2.05 bits per heavy atom. The van der Waals surface area contributed by atoms with Crippen molar-refractivity contribution in [3.63, 3.8) is 0 Å². The molecule has 0 heterocycles. The van der Waals surface area contributed by atoms with Crippen molar-refractivity contribution < 1.29 is 22.8 Å². The molecule has 0 saturated carbocycles. The number of hydrogen-bond donors (Lipinski definition) is 2. The molecular weight excluding hydrogens is 303 g/mol. The van der Waals surface area contributed by atoms with Gasteiger partial charge < -0.3 is 5.11 Å². The van der Waals surface area contributed by atoms with E-state index < -0.39 is 37.5 Å². The minimum atomic E-state index is -4.05. The summed E-state index contributed by atoms with van der Waals surface area (Å²) in [6.45, 7) is 3.54. The maximum atomic E-state index is 13.2. The first-order valence-corrected chi connectivity index (χ1v) is 7.73. The molecule has 7 nitrogen and oxygen atoms in total. The fraction of sp³-hybridized carbons (Fsp3) is 0.500. The SMILES string of the molecule is CC(C)CC(O)CNS(=O)(=O)c1ccc(F)c([N+](=O)[O-])c1. The van der Waals surface area contributed by atoms with Gasteiger partial charge in [-0.05, 0) is 24.5 Å². The van der Waals surface area contributed by atoms with Crippen molar-refractivity contribution in [2.45, 2.75) is 31.3 Å². The van der Waals surface area contributed by atoms with Gasteiger partial charge in [0.05, 0.1) is 15.9 Å². The van der Waals surface area contributed by atoms with Gasteiger partial charge in [-0.15, -0.1) is 0 Å². The number of aliphatic hydroxyl groups is 1. The minimum Gasteiger partial charge on any atom is -0.392 e. The molecule has 0 radical (unpaired) electrons. The van der Waals surface area contributed by atoms with Crippen molar-refractivity contribution in [2.75, 3.05) is 6.54 Å². The van der Waals surface area contributed by atoms with Crippen molar-refractivity contribution in [1.82, 2.24) is 4.72 Å². The summed E-state index contributed by atoms with van der Waals surface area (Å²) in [4.78, 5) is 9.18. The van der Waals surface area contributed by atoms with Gasteiger partial charge in [-0.1, -0.05) is 13.8 Å². The van der Waals surface area contributed by atoms with Crippen molar-refractivity contribution in [3.8, 4) is 0 Å². The molecule has 1 rings (SSSR count). The smallest absolute Gasteiger partial charge is 0.306 e. The summed E-state index contributed by atoms with van der Waals surface area (Å²) in [7, 11) is -4.05. The van der Waals surface area contributed by atoms with Crippen molar-refractivity contribution >= 4 is 15.7 Å². The molecule has 9 heteroatoms. The van der Waals surface area contributed by atoms with Crippen LogP contribution < -0.4 is 4.72 Å². The summed E-state index contributed by atoms with van der Waals surface area (Å²) in [6.07, 6.45) is -0.457. The summed E-state index contributed by atoms with van der Waals surface area (Å²) >= 11 is 0. The maximum Gasteiger partial charge on any atom is 0.306 e. The van der Waals surface area contributed by atoms with Crippen LogP contribution in [0, 0.1) is 21.8 Å². The Bertz CT molecular complexity index is 618. The molecule has 1 aromatic rings. The van der Waals surface area contributed by atoms with Crippen LogP contribution in [-0.4, -0.2) is 31.1 Å². The highest BCUT2D eigenvalue weighted by Crippen LogP contribution is 2.21. The van der Waals surface area contributed by atoms with E-state index in [0.29, 0.717) is 12.5 Å². The second kappa shape index (κ2) is 6.92. The molecule has 0 aliphatic carbocycles. The first-order chi connectivity index (χ1) is 9.63. The first kappa shape index (κ1) is 17.5. The maximum absolute atomic E-state index is 13.2. The number of sulfonamides is 1. The van der Waals surface area contributed by atoms with Gasteiger partial charge in [0.15, 0.2) is 0 Å². The highest BCUT2D eigenvalue weighted by atomic mass is 32.2. The molecule has 0 aromatic heterocycles. The third-order valence-corrected chi connectivity index (χ3v) is 4.10. The van der Waals surface area contributed by atoms with Gasteiger partial charge in [0, 0.05) is 12.6 Å². The fourth-order valence-electron chi connectivity index (χ4n) is 1.72. The normalized spacial score (nSPS) is 13.4. The number of hydrogen-bond acceptors (Lipinski definition) is 5. The molecule has 118 valence electrons. The van der Waals surface area contributed by atoms with Gasteiger partial charge in [-0.3, -0.25) is 10.1 Å². The zero-order chi connectivity index (χ0) is 16.2. The molecule has 1 unspecified atom stereocenters. The third-order valence-electron chi connectivity index (χ3n) is 2.68. The van der Waals surface area contributed by atoms with E-state index in [2.05, 4.69) is 4.72 Å². The lowest BCUT2D eigenvalue weighted by Crippen LogP contribution is -2.32. The molecule has 1 atom stereocenters. The van der Waals surface area contributed by atoms with Gasteiger partial charge in [0.25, 0.3) is 0 Å². The minimum absolute atomic E-state index is 0.191. The molecule has 21 heavy (non-hydrogen) atoms. The Hall–Kier alpha value is -1.58. The van der Waals surface area contributed by atoms with Gasteiger partial charge in [0.2, 0.25) is 15.8 Å². The average Bonchev–Trinajstić information content (AvgIpc) is 2.35. The van der Waals surface area contributed by atoms with Crippen LogP contribution in [0.2, 0.25) is 0 Å². The zero-order valence-electron chi connectivity index (χ0n) is 11.6. The summed E-state index contributed by atoms with van der Waals surface area (Å²) in [5, 5.41) is 20.2. The Balaban J connectivity index is 2.88. The number of benzene rings is 1. The molecule has 0 bridgehead atoms. The monoisotopic (exact) mass is 320 g/mol. The number of aliphatic hydroxyl groups excluding tert-OH is 1. The highest BCUT2D eigenvalue weighted by Gasteiger charge is 2.22. The van der Waals surface area contributed by atoms with E-state index in [9.17, 15) is 28.0 Å². The molecule has 0 aliphatic heterocycles. The standard InChI is InChI=1S/C12H17FN2O5S/c1-8(2)5-9(16)7-14-21(19,20)10-3-4-11(13)12(6-10)15(17)18/h3-4,6,8-9,14,16H,5,7H2,1-2H3. The zero-order valence-corrected chi connectivity index (χ0v) is 12.4. The molecule has 0 fully saturated rings. The largest absolute Gasteiger partial charge is 0.392 e. The van der Waals surface area contributed by atoms with Crippen LogP contribution in [0.4, 0.5) is 10.1 Å². The van der Waals surface area contributed by atoms with Crippen LogP contribution in [0.5, 0.6) is 0 Å².